The molecule has 7 nitrogen and oxygen atoms in total. The predicted octanol–water partition coefficient (Wildman–Crippen LogP) is 0.834. The van der Waals surface area contributed by atoms with E-state index in [2.05, 4.69) is 10.1 Å². The molecule has 2 amide bonds. The number of carbonyl (C=O) groups excluding carboxylic acids is 2. The van der Waals surface area contributed by atoms with Crippen molar-refractivity contribution in [2.45, 2.75) is 38.6 Å². The van der Waals surface area contributed by atoms with Gasteiger partial charge < -0.3 is 20.1 Å². The Morgan fingerprint density at radius 2 is 1.95 bits per heavy atom. The Kier molecular flexibility index (Phi) is 6.27. The minimum atomic E-state index is -0.929. The first kappa shape index (κ1) is 16.3. The molecule has 0 radical (unpaired) electrons. The minimum Gasteiger partial charge on any atom is -0.481 e. The second kappa shape index (κ2) is 7.72. The van der Waals surface area contributed by atoms with E-state index in [9.17, 15) is 14.4 Å². The van der Waals surface area contributed by atoms with Gasteiger partial charge in [-0.3, -0.25) is 9.59 Å². The summed E-state index contributed by atoms with van der Waals surface area (Å²) in [6, 6.07) is -0.625. The number of piperidine rings is 1. The van der Waals surface area contributed by atoms with Crippen molar-refractivity contribution >= 4 is 18.0 Å². The van der Waals surface area contributed by atoms with Crippen LogP contribution < -0.4 is 5.32 Å². The maximum Gasteiger partial charge on any atom is 0.317 e. The molecule has 1 rings (SSSR count). The highest BCUT2D eigenvalue weighted by Gasteiger charge is 2.28. The van der Waals surface area contributed by atoms with Gasteiger partial charge in [-0.1, -0.05) is 6.92 Å². The summed E-state index contributed by atoms with van der Waals surface area (Å²) in [5.74, 6) is -1.31. The lowest BCUT2D eigenvalue weighted by Gasteiger charge is -2.31. The third kappa shape index (κ3) is 4.71. The Labute approximate surface area is 118 Å². The topological polar surface area (TPSA) is 95.9 Å². The Bertz CT molecular complexity index is 364. The number of likely N-dealkylation sites (tertiary alicyclic amines) is 1. The van der Waals surface area contributed by atoms with Gasteiger partial charge in [0.2, 0.25) is 0 Å². The summed E-state index contributed by atoms with van der Waals surface area (Å²) in [7, 11) is 1.36. The first-order chi connectivity index (χ1) is 9.47. The fourth-order valence-electron chi connectivity index (χ4n) is 2.26. The second-order valence-electron chi connectivity index (χ2n) is 4.94. The van der Waals surface area contributed by atoms with E-state index in [1.807, 2.05) is 6.92 Å². The number of ether oxygens (including phenoxy) is 1. The van der Waals surface area contributed by atoms with Gasteiger partial charge in [0.25, 0.3) is 0 Å². The van der Waals surface area contributed by atoms with Crippen molar-refractivity contribution in [3.8, 4) is 0 Å². The van der Waals surface area contributed by atoms with Crippen molar-refractivity contribution in [1.82, 2.24) is 10.2 Å². The van der Waals surface area contributed by atoms with Crippen LogP contribution in [0.15, 0.2) is 0 Å². The largest absolute Gasteiger partial charge is 0.481 e. The molecule has 1 heterocycles. The molecule has 1 unspecified atom stereocenters. The van der Waals surface area contributed by atoms with Crippen molar-refractivity contribution in [2.75, 3.05) is 20.2 Å². The molecule has 0 aliphatic carbocycles. The normalized spacial score (nSPS) is 17.4. The van der Waals surface area contributed by atoms with Gasteiger partial charge in [-0.2, -0.15) is 0 Å². The second-order valence-corrected chi connectivity index (χ2v) is 4.94. The van der Waals surface area contributed by atoms with Crippen LogP contribution >= 0.6 is 0 Å². The van der Waals surface area contributed by atoms with Crippen LogP contribution in [0.3, 0.4) is 0 Å². The van der Waals surface area contributed by atoms with Crippen molar-refractivity contribution in [2.24, 2.45) is 5.92 Å². The first-order valence-electron chi connectivity index (χ1n) is 6.83. The van der Waals surface area contributed by atoms with Gasteiger partial charge in [-0.05, 0) is 19.3 Å². The van der Waals surface area contributed by atoms with E-state index in [-0.39, 0.29) is 30.4 Å². The fourth-order valence-corrected chi connectivity index (χ4v) is 2.26. The van der Waals surface area contributed by atoms with Gasteiger partial charge in [-0.25, -0.2) is 4.79 Å². The molecule has 0 saturated carbocycles. The molecule has 0 aromatic rings. The summed E-state index contributed by atoms with van der Waals surface area (Å²) in [6.45, 7) is 2.79. The van der Waals surface area contributed by atoms with E-state index in [1.165, 1.54) is 7.11 Å². The molecule has 0 spiro atoms. The van der Waals surface area contributed by atoms with E-state index >= 15 is 0 Å². The molecule has 1 aliphatic heterocycles. The number of carboxylic acid groups (broad SMARTS) is 1. The standard InChI is InChI=1S/C13H22N2O5/c1-3-10(8-11(16)17)14-13(19)15-6-4-9(5-7-15)12(18)20-2/h9-10H,3-8H2,1-2H3,(H,14,19)(H,16,17). The average molecular weight is 286 g/mol. The zero-order valence-electron chi connectivity index (χ0n) is 11.9. The summed E-state index contributed by atoms with van der Waals surface area (Å²) in [5.41, 5.74) is 0. The number of nitrogens with one attached hydrogen (secondary N) is 1. The smallest absolute Gasteiger partial charge is 0.317 e. The number of methoxy groups -OCH3 is 1. The highest BCUT2D eigenvalue weighted by atomic mass is 16.5. The molecule has 7 heteroatoms. The molecular formula is C13H22N2O5. The van der Waals surface area contributed by atoms with Crippen LogP contribution in [0.1, 0.15) is 32.6 Å². The fraction of sp³-hybridized carbons (Fsp3) is 0.769. The van der Waals surface area contributed by atoms with E-state index in [1.54, 1.807) is 4.90 Å². The highest BCUT2D eigenvalue weighted by molar-refractivity contribution is 5.77. The number of esters is 1. The van der Waals surface area contributed by atoms with Crippen LogP contribution in [0.4, 0.5) is 4.79 Å². The SMILES string of the molecule is CCC(CC(=O)O)NC(=O)N1CCC(C(=O)OC)CC1. The quantitative estimate of drug-likeness (QED) is 0.730. The number of rotatable bonds is 5. The highest BCUT2D eigenvalue weighted by Crippen LogP contribution is 2.18. The van der Waals surface area contributed by atoms with Gasteiger partial charge in [0.05, 0.1) is 19.4 Å². The lowest BCUT2D eigenvalue weighted by Crippen LogP contribution is -2.48. The van der Waals surface area contributed by atoms with E-state index in [0.717, 1.165) is 0 Å². The molecule has 0 aromatic carbocycles. The molecule has 2 N–H and O–H groups in total. The number of hydrogen-bond donors (Lipinski definition) is 2. The number of urea groups is 1. The molecular weight excluding hydrogens is 264 g/mol. The van der Waals surface area contributed by atoms with Crippen LogP contribution in [-0.4, -0.2) is 54.2 Å². The molecule has 114 valence electrons. The number of amides is 2. The lowest BCUT2D eigenvalue weighted by atomic mass is 9.97. The maximum atomic E-state index is 12.0. The van der Waals surface area contributed by atoms with E-state index in [0.29, 0.717) is 32.4 Å². The molecule has 1 fully saturated rings. The monoisotopic (exact) mass is 286 g/mol. The van der Waals surface area contributed by atoms with Gasteiger partial charge in [-0.15, -0.1) is 0 Å². The van der Waals surface area contributed by atoms with Crippen molar-refractivity contribution in [3.63, 3.8) is 0 Å². The third-order valence-corrected chi connectivity index (χ3v) is 3.56. The average Bonchev–Trinajstić information content (AvgIpc) is 2.45. The summed E-state index contributed by atoms with van der Waals surface area (Å²) in [5, 5.41) is 11.5. The number of aliphatic carboxylic acids is 1. The maximum absolute atomic E-state index is 12.0. The van der Waals surface area contributed by atoms with E-state index < -0.39 is 5.97 Å². The van der Waals surface area contributed by atoms with Crippen LogP contribution in [0.5, 0.6) is 0 Å². The summed E-state index contributed by atoms with van der Waals surface area (Å²) in [6.07, 6.45) is 1.64. The Morgan fingerprint density at radius 3 is 2.40 bits per heavy atom. The zero-order valence-corrected chi connectivity index (χ0v) is 11.9. The van der Waals surface area contributed by atoms with Crippen molar-refractivity contribution in [3.05, 3.63) is 0 Å². The number of carboxylic acids is 1. The van der Waals surface area contributed by atoms with Gasteiger partial charge in [0.15, 0.2) is 0 Å². The Balaban J connectivity index is 2.42. The minimum absolute atomic E-state index is 0.0825. The summed E-state index contributed by atoms with van der Waals surface area (Å²) >= 11 is 0. The number of hydrogen-bond acceptors (Lipinski definition) is 4. The molecule has 1 saturated heterocycles. The first-order valence-corrected chi connectivity index (χ1v) is 6.83. The Morgan fingerprint density at radius 1 is 1.35 bits per heavy atom. The number of carbonyl (C=O) groups is 3. The zero-order chi connectivity index (χ0) is 15.1. The number of nitrogens with zero attached hydrogens (tertiary/aromatic N) is 1. The molecule has 0 aromatic heterocycles. The summed E-state index contributed by atoms with van der Waals surface area (Å²) < 4.78 is 4.69. The van der Waals surface area contributed by atoms with Crippen molar-refractivity contribution < 1.29 is 24.2 Å². The molecule has 0 bridgehead atoms. The molecule has 1 aliphatic rings. The van der Waals surface area contributed by atoms with Gasteiger partial charge >= 0.3 is 18.0 Å². The molecule has 20 heavy (non-hydrogen) atoms. The van der Waals surface area contributed by atoms with Gasteiger partial charge in [0, 0.05) is 19.1 Å². The van der Waals surface area contributed by atoms with Crippen LogP contribution in [-0.2, 0) is 14.3 Å². The van der Waals surface area contributed by atoms with Gasteiger partial charge in [0.1, 0.15) is 0 Å². The van der Waals surface area contributed by atoms with E-state index in [4.69, 9.17) is 5.11 Å². The van der Waals surface area contributed by atoms with Crippen LogP contribution in [0.25, 0.3) is 0 Å². The molecule has 1 atom stereocenters. The lowest BCUT2D eigenvalue weighted by molar-refractivity contribution is -0.146. The predicted molar refractivity (Wildman–Crippen MR) is 71.2 cm³/mol. The van der Waals surface area contributed by atoms with Crippen LogP contribution in [0, 0.1) is 5.92 Å². The third-order valence-electron chi connectivity index (χ3n) is 3.56. The summed E-state index contributed by atoms with van der Waals surface area (Å²) in [4.78, 5) is 35.7. The Hall–Kier alpha value is -1.79. The van der Waals surface area contributed by atoms with Crippen molar-refractivity contribution in [1.29, 1.82) is 0 Å². The van der Waals surface area contributed by atoms with Crippen LogP contribution in [0.2, 0.25) is 0 Å².